The van der Waals surface area contributed by atoms with Gasteiger partial charge in [-0.15, -0.1) is 0 Å². The molecule has 1 aromatic heterocycles. The molecule has 0 bridgehead atoms. The second-order valence-electron chi connectivity index (χ2n) is 11.9. The summed E-state index contributed by atoms with van der Waals surface area (Å²) in [5, 5.41) is 8.67. The van der Waals surface area contributed by atoms with Crippen LogP contribution in [-0.2, 0) is 15.0 Å². The number of hydrogen-bond donors (Lipinski definition) is 2. The second-order valence-corrected chi connectivity index (χ2v) is 11.9. The van der Waals surface area contributed by atoms with Crippen molar-refractivity contribution in [2.75, 3.05) is 11.4 Å². The zero-order valence-electron chi connectivity index (χ0n) is 22.9. The molecule has 1 saturated carbocycles. The fourth-order valence-electron chi connectivity index (χ4n) is 5.75. The molecule has 6 heteroatoms. The Balaban J connectivity index is 1.60. The number of hydrogen-bond acceptors (Lipinski definition) is 4. The van der Waals surface area contributed by atoms with Crippen LogP contribution in [-0.4, -0.2) is 35.4 Å². The molecule has 2 atom stereocenters. The van der Waals surface area contributed by atoms with Gasteiger partial charge < -0.3 is 10.6 Å². The number of aromatic nitrogens is 1. The van der Waals surface area contributed by atoms with Crippen LogP contribution in [0.1, 0.15) is 83.0 Å². The molecule has 3 aromatic rings. The quantitative estimate of drug-likeness (QED) is 0.437. The van der Waals surface area contributed by atoms with E-state index in [1.807, 2.05) is 48.7 Å². The number of rotatable bonds is 6. The van der Waals surface area contributed by atoms with E-state index in [0.717, 1.165) is 61.5 Å². The molecule has 2 unspecified atom stereocenters. The smallest absolute Gasteiger partial charge is 0.249 e. The molecule has 1 aliphatic carbocycles. The molecule has 2 aliphatic rings. The first-order chi connectivity index (χ1) is 18.3. The van der Waals surface area contributed by atoms with Gasteiger partial charge in [-0.05, 0) is 66.8 Å². The molecule has 2 heterocycles. The highest BCUT2D eigenvalue weighted by Gasteiger charge is 2.38. The number of carbonyl (C=O) groups is 2. The lowest BCUT2D eigenvalue weighted by Gasteiger charge is -2.34. The maximum absolute atomic E-state index is 14.2. The largest absolute Gasteiger partial charge is 0.351 e. The van der Waals surface area contributed by atoms with Crippen molar-refractivity contribution in [1.29, 1.82) is 0 Å². The van der Waals surface area contributed by atoms with E-state index in [1.165, 1.54) is 12.0 Å². The van der Waals surface area contributed by atoms with Crippen LogP contribution in [0.25, 0.3) is 10.8 Å². The summed E-state index contributed by atoms with van der Waals surface area (Å²) in [6, 6.07) is 17.0. The van der Waals surface area contributed by atoms with Crippen LogP contribution in [0.15, 0.2) is 60.8 Å². The summed E-state index contributed by atoms with van der Waals surface area (Å²) in [5.41, 5.74) is 2.47. The summed E-state index contributed by atoms with van der Waals surface area (Å²) in [6.45, 7) is 7.33. The molecular formula is C32H40N4O2. The minimum atomic E-state index is -0.864. The van der Waals surface area contributed by atoms with Gasteiger partial charge in [0, 0.05) is 23.3 Å². The normalized spacial score (nSPS) is 19.3. The standard InChI is InChI=1S/C32H40N4O2/c1-32(2,3)24-15-17-26(18-16-24)36(31(38)27-14-9-19-33-27)29(30(37)35-25-12-5-4-6-13-25)28-20-22-10-7-8-11-23(22)21-34-28/h7-8,10-11,15-18,20-21,25,27,29,33H,4-6,9,12-14,19H2,1-3H3,(H,35,37). The number of benzene rings is 2. The van der Waals surface area contributed by atoms with Crippen molar-refractivity contribution >= 4 is 28.3 Å². The number of carbonyl (C=O) groups excluding carboxylic acids is 2. The van der Waals surface area contributed by atoms with E-state index in [9.17, 15) is 9.59 Å². The number of anilines is 1. The van der Waals surface area contributed by atoms with E-state index in [1.54, 1.807) is 4.90 Å². The molecule has 1 saturated heterocycles. The predicted octanol–water partition coefficient (Wildman–Crippen LogP) is 5.81. The Morgan fingerprint density at radius 3 is 2.32 bits per heavy atom. The topological polar surface area (TPSA) is 74.3 Å². The number of amides is 2. The van der Waals surface area contributed by atoms with Gasteiger partial charge in [0.05, 0.1) is 11.7 Å². The van der Waals surface area contributed by atoms with Crippen molar-refractivity contribution in [3.05, 3.63) is 72.1 Å². The predicted molar refractivity (Wildman–Crippen MR) is 153 cm³/mol. The van der Waals surface area contributed by atoms with Gasteiger partial charge in [0.1, 0.15) is 0 Å². The first kappa shape index (κ1) is 26.4. The van der Waals surface area contributed by atoms with E-state index in [-0.39, 0.29) is 29.3 Å². The Labute approximate surface area is 226 Å². The average Bonchev–Trinajstić information content (AvgIpc) is 3.46. The van der Waals surface area contributed by atoms with Gasteiger partial charge in [-0.2, -0.15) is 0 Å². The molecule has 200 valence electrons. The summed E-state index contributed by atoms with van der Waals surface area (Å²) < 4.78 is 0. The van der Waals surface area contributed by atoms with Gasteiger partial charge in [0.25, 0.3) is 0 Å². The van der Waals surface area contributed by atoms with Crippen molar-refractivity contribution in [2.45, 2.75) is 89.3 Å². The van der Waals surface area contributed by atoms with Crippen LogP contribution in [0.2, 0.25) is 0 Å². The molecule has 0 spiro atoms. The molecule has 5 rings (SSSR count). The van der Waals surface area contributed by atoms with Gasteiger partial charge in [0.2, 0.25) is 11.8 Å². The van der Waals surface area contributed by atoms with Crippen LogP contribution < -0.4 is 15.5 Å². The van der Waals surface area contributed by atoms with Crippen molar-refractivity contribution in [3.63, 3.8) is 0 Å². The highest BCUT2D eigenvalue weighted by atomic mass is 16.2. The number of fused-ring (bicyclic) bond motifs is 1. The van der Waals surface area contributed by atoms with Gasteiger partial charge in [0.15, 0.2) is 6.04 Å². The van der Waals surface area contributed by atoms with E-state index in [4.69, 9.17) is 4.98 Å². The van der Waals surface area contributed by atoms with Crippen LogP contribution >= 0.6 is 0 Å². The summed E-state index contributed by atoms with van der Waals surface area (Å²) in [6.07, 6.45) is 8.91. The molecule has 0 radical (unpaired) electrons. The lowest BCUT2D eigenvalue weighted by molar-refractivity contribution is -0.128. The maximum atomic E-state index is 14.2. The molecule has 6 nitrogen and oxygen atoms in total. The fraction of sp³-hybridized carbons (Fsp3) is 0.469. The monoisotopic (exact) mass is 512 g/mol. The molecule has 1 aliphatic heterocycles. The third kappa shape index (κ3) is 5.75. The van der Waals surface area contributed by atoms with Crippen molar-refractivity contribution < 1.29 is 9.59 Å². The lowest BCUT2D eigenvalue weighted by Crippen LogP contribution is -2.51. The third-order valence-corrected chi connectivity index (χ3v) is 8.00. The second kappa shape index (κ2) is 11.2. The fourth-order valence-corrected chi connectivity index (χ4v) is 5.75. The first-order valence-corrected chi connectivity index (χ1v) is 14.1. The molecule has 2 N–H and O–H groups in total. The third-order valence-electron chi connectivity index (χ3n) is 8.00. The average molecular weight is 513 g/mol. The zero-order chi connectivity index (χ0) is 26.7. The molecule has 38 heavy (non-hydrogen) atoms. The molecule has 2 aromatic carbocycles. The first-order valence-electron chi connectivity index (χ1n) is 14.1. The van der Waals surface area contributed by atoms with Gasteiger partial charge >= 0.3 is 0 Å². The Hall–Kier alpha value is -3.25. The van der Waals surface area contributed by atoms with Gasteiger partial charge in [-0.25, -0.2) is 0 Å². The maximum Gasteiger partial charge on any atom is 0.249 e. The summed E-state index contributed by atoms with van der Waals surface area (Å²) >= 11 is 0. The minimum absolute atomic E-state index is 0.0158. The minimum Gasteiger partial charge on any atom is -0.351 e. The van der Waals surface area contributed by atoms with Crippen LogP contribution in [0.5, 0.6) is 0 Å². The molecule has 2 fully saturated rings. The molecular weight excluding hydrogens is 472 g/mol. The Morgan fingerprint density at radius 2 is 1.66 bits per heavy atom. The molecule has 2 amide bonds. The highest BCUT2D eigenvalue weighted by Crippen LogP contribution is 2.33. The highest BCUT2D eigenvalue weighted by molar-refractivity contribution is 6.04. The zero-order valence-corrected chi connectivity index (χ0v) is 22.9. The van der Waals surface area contributed by atoms with Crippen molar-refractivity contribution in [2.24, 2.45) is 0 Å². The van der Waals surface area contributed by atoms with Crippen LogP contribution in [0, 0.1) is 0 Å². The summed E-state index contributed by atoms with van der Waals surface area (Å²) in [5.74, 6) is -0.240. The van der Waals surface area contributed by atoms with Crippen LogP contribution in [0.4, 0.5) is 5.69 Å². The van der Waals surface area contributed by atoms with E-state index in [0.29, 0.717) is 5.69 Å². The van der Waals surface area contributed by atoms with Gasteiger partial charge in [-0.3, -0.25) is 19.5 Å². The van der Waals surface area contributed by atoms with E-state index >= 15 is 0 Å². The summed E-state index contributed by atoms with van der Waals surface area (Å²) in [4.78, 5) is 34.8. The van der Waals surface area contributed by atoms with E-state index < -0.39 is 6.04 Å². The number of nitrogens with zero attached hydrogens (tertiary/aromatic N) is 2. The summed E-state index contributed by atoms with van der Waals surface area (Å²) in [7, 11) is 0. The Bertz CT molecular complexity index is 1270. The van der Waals surface area contributed by atoms with Crippen molar-refractivity contribution in [1.82, 2.24) is 15.6 Å². The Morgan fingerprint density at radius 1 is 0.947 bits per heavy atom. The van der Waals surface area contributed by atoms with Crippen LogP contribution in [0.3, 0.4) is 0 Å². The lowest BCUT2D eigenvalue weighted by atomic mass is 9.87. The van der Waals surface area contributed by atoms with Crippen molar-refractivity contribution in [3.8, 4) is 0 Å². The van der Waals surface area contributed by atoms with E-state index in [2.05, 4.69) is 43.5 Å². The van der Waals surface area contributed by atoms with Gasteiger partial charge in [-0.1, -0.05) is 76.4 Å². The Kier molecular flexibility index (Phi) is 7.80. The SMILES string of the molecule is CC(C)(C)c1ccc(N(C(=O)C2CCCN2)C(C(=O)NC2CCCCC2)c2cc3ccccc3cn2)cc1. The number of pyridine rings is 1. The number of nitrogens with one attached hydrogen (secondary N) is 2.